The molecule has 2 aromatic rings. The van der Waals surface area contributed by atoms with Crippen LogP contribution >= 0.6 is 11.6 Å². The summed E-state index contributed by atoms with van der Waals surface area (Å²) < 4.78 is 77.4. The Morgan fingerprint density at radius 1 is 1.10 bits per heavy atom. The summed E-state index contributed by atoms with van der Waals surface area (Å²) in [6, 6.07) is 5.13. The summed E-state index contributed by atoms with van der Waals surface area (Å²) in [5.74, 6) is 0.963. The number of rotatable bonds is 4. The van der Waals surface area contributed by atoms with Crippen LogP contribution in [-0.2, 0) is 22.6 Å². The van der Waals surface area contributed by atoms with Crippen LogP contribution in [0.4, 0.5) is 13.2 Å². The number of fused-ring (bicyclic) bond motifs is 1. The Labute approximate surface area is 172 Å². The molecule has 0 spiro atoms. The third-order valence-corrected chi connectivity index (χ3v) is 7.43. The number of halogens is 4. The zero-order chi connectivity index (χ0) is 21.6. The van der Waals surface area contributed by atoms with Crippen LogP contribution in [0, 0.1) is 0 Å². The molecule has 0 aromatic heterocycles. The third-order valence-electron chi connectivity index (χ3n) is 4.97. The van der Waals surface area contributed by atoms with E-state index in [1.807, 2.05) is 0 Å². The highest BCUT2D eigenvalue weighted by Crippen LogP contribution is 2.41. The zero-order valence-corrected chi connectivity index (χ0v) is 17.5. The molecule has 0 radical (unpaired) electrons. The van der Waals surface area contributed by atoms with E-state index in [4.69, 9.17) is 21.1 Å². The molecule has 0 saturated carbocycles. The average molecular weight is 450 g/mol. The Bertz CT molecular complexity index is 1040. The maximum absolute atomic E-state index is 13.2. The van der Waals surface area contributed by atoms with Crippen LogP contribution in [0.2, 0.25) is 5.02 Å². The van der Waals surface area contributed by atoms with E-state index in [1.54, 1.807) is 19.1 Å². The topological polar surface area (TPSA) is 55.8 Å². The van der Waals surface area contributed by atoms with E-state index >= 15 is 0 Å². The van der Waals surface area contributed by atoms with Gasteiger partial charge in [0.15, 0.2) is 11.5 Å². The highest BCUT2D eigenvalue weighted by molar-refractivity contribution is 7.89. The second-order valence-corrected chi connectivity index (χ2v) is 8.86. The second-order valence-electron chi connectivity index (χ2n) is 6.59. The van der Waals surface area contributed by atoms with Crippen molar-refractivity contribution in [3.8, 4) is 11.5 Å². The summed E-state index contributed by atoms with van der Waals surface area (Å²) in [5.41, 5.74) is 0.509. The van der Waals surface area contributed by atoms with Crippen LogP contribution in [0.5, 0.6) is 11.5 Å². The Hall–Kier alpha value is -1.97. The highest BCUT2D eigenvalue weighted by atomic mass is 35.5. The van der Waals surface area contributed by atoms with Gasteiger partial charge in [0, 0.05) is 12.6 Å². The summed E-state index contributed by atoms with van der Waals surface area (Å²) in [4.78, 5) is -0.565. The van der Waals surface area contributed by atoms with Crippen LogP contribution in [0.1, 0.15) is 29.7 Å². The van der Waals surface area contributed by atoms with Crippen molar-refractivity contribution in [2.75, 3.05) is 20.8 Å². The minimum Gasteiger partial charge on any atom is -0.493 e. The monoisotopic (exact) mass is 449 g/mol. The first-order valence-corrected chi connectivity index (χ1v) is 10.5. The molecule has 0 N–H and O–H groups in total. The van der Waals surface area contributed by atoms with Gasteiger partial charge in [-0.15, -0.1) is 0 Å². The fourth-order valence-electron chi connectivity index (χ4n) is 3.45. The van der Waals surface area contributed by atoms with Gasteiger partial charge in [-0.25, -0.2) is 8.42 Å². The fourth-order valence-corrected chi connectivity index (χ4v) is 5.57. The molecule has 29 heavy (non-hydrogen) atoms. The number of hydrogen-bond donors (Lipinski definition) is 0. The lowest BCUT2D eigenvalue weighted by Gasteiger charge is -2.35. The largest absolute Gasteiger partial charge is 0.493 e. The van der Waals surface area contributed by atoms with E-state index < -0.39 is 32.7 Å². The summed E-state index contributed by atoms with van der Waals surface area (Å²) in [7, 11) is -1.30. The van der Waals surface area contributed by atoms with Gasteiger partial charge in [0.25, 0.3) is 0 Å². The van der Waals surface area contributed by atoms with E-state index in [0.717, 1.165) is 22.0 Å². The maximum Gasteiger partial charge on any atom is 0.416 e. The van der Waals surface area contributed by atoms with Crippen molar-refractivity contribution in [3.05, 3.63) is 52.0 Å². The van der Waals surface area contributed by atoms with Gasteiger partial charge in [0.2, 0.25) is 10.0 Å². The van der Waals surface area contributed by atoms with Crippen molar-refractivity contribution >= 4 is 21.6 Å². The van der Waals surface area contributed by atoms with Gasteiger partial charge in [-0.1, -0.05) is 11.6 Å². The lowest BCUT2D eigenvalue weighted by atomic mass is 9.94. The molecule has 5 nitrogen and oxygen atoms in total. The van der Waals surface area contributed by atoms with Gasteiger partial charge >= 0.3 is 6.18 Å². The molecule has 0 amide bonds. The van der Waals surface area contributed by atoms with E-state index in [2.05, 4.69) is 0 Å². The third kappa shape index (κ3) is 3.91. The lowest BCUT2D eigenvalue weighted by molar-refractivity contribution is -0.137. The SMILES string of the molecule is COc1cc2c(cc1OC)[C@@H](C)N(S(=O)(=O)c1cc(C(F)(F)F)ccc1Cl)CC2. The molecule has 1 aliphatic heterocycles. The van der Waals surface area contributed by atoms with E-state index in [9.17, 15) is 21.6 Å². The number of sulfonamides is 1. The van der Waals surface area contributed by atoms with Crippen molar-refractivity contribution in [1.82, 2.24) is 4.31 Å². The van der Waals surface area contributed by atoms with Crippen LogP contribution < -0.4 is 9.47 Å². The summed E-state index contributed by atoms with van der Waals surface area (Å²) >= 11 is 5.98. The van der Waals surface area contributed by atoms with Crippen molar-refractivity contribution in [2.24, 2.45) is 0 Å². The lowest BCUT2D eigenvalue weighted by Crippen LogP contribution is -2.39. The Morgan fingerprint density at radius 2 is 1.72 bits per heavy atom. The fraction of sp³-hybridized carbons (Fsp3) is 0.368. The molecule has 0 aliphatic carbocycles. The molecule has 0 bridgehead atoms. The highest BCUT2D eigenvalue weighted by Gasteiger charge is 2.38. The molecule has 3 rings (SSSR count). The van der Waals surface area contributed by atoms with Gasteiger partial charge in [-0.05, 0) is 54.8 Å². The first kappa shape index (κ1) is 21.7. The van der Waals surface area contributed by atoms with Gasteiger partial charge in [0.1, 0.15) is 4.90 Å². The van der Waals surface area contributed by atoms with Crippen molar-refractivity contribution in [2.45, 2.75) is 30.5 Å². The molecule has 0 fully saturated rings. The minimum atomic E-state index is -4.68. The predicted molar refractivity (Wildman–Crippen MR) is 102 cm³/mol. The number of ether oxygens (including phenoxy) is 2. The minimum absolute atomic E-state index is 0.0958. The van der Waals surface area contributed by atoms with Crippen LogP contribution in [0.15, 0.2) is 35.2 Å². The molecule has 1 heterocycles. The molecule has 158 valence electrons. The van der Waals surface area contributed by atoms with E-state index in [-0.39, 0.29) is 11.6 Å². The van der Waals surface area contributed by atoms with Crippen molar-refractivity contribution in [1.29, 1.82) is 0 Å². The number of benzene rings is 2. The van der Waals surface area contributed by atoms with Crippen molar-refractivity contribution < 1.29 is 31.1 Å². The summed E-state index contributed by atoms with van der Waals surface area (Å²) in [5, 5.41) is -0.261. The van der Waals surface area contributed by atoms with Crippen LogP contribution in [0.25, 0.3) is 0 Å². The number of hydrogen-bond acceptors (Lipinski definition) is 4. The molecule has 1 aliphatic rings. The number of alkyl halides is 3. The molecule has 1 atom stereocenters. The van der Waals surface area contributed by atoms with Crippen LogP contribution in [-0.4, -0.2) is 33.5 Å². The Kier molecular flexibility index (Phi) is 5.77. The van der Waals surface area contributed by atoms with E-state index in [1.165, 1.54) is 14.2 Å². The molecular formula is C19H19ClF3NO4S. The predicted octanol–water partition coefficient (Wildman–Crippen LogP) is 4.68. The molecule has 10 heteroatoms. The van der Waals surface area contributed by atoms with E-state index in [0.29, 0.717) is 29.5 Å². The maximum atomic E-state index is 13.2. The average Bonchev–Trinajstić information content (AvgIpc) is 2.66. The van der Waals surface area contributed by atoms with Gasteiger partial charge in [-0.3, -0.25) is 0 Å². The number of nitrogens with zero attached hydrogens (tertiary/aromatic N) is 1. The smallest absolute Gasteiger partial charge is 0.416 e. The molecular weight excluding hydrogens is 431 g/mol. The molecule has 0 unspecified atom stereocenters. The quantitative estimate of drug-likeness (QED) is 0.680. The molecule has 2 aromatic carbocycles. The van der Waals surface area contributed by atoms with Gasteiger partial charge in [-0.2, -0.15) is 17.5 Å². The summed E-state index contributed by atoms with van der Waals surface area (Å²) in [6.45, 7) is 1.77. The first-order valence-electron chi connectivity index (χ1n) is 8.64. The van der Waals surface area contributed by atoms with Gasteiger partial charge in [0.05, 0.1) is 24.8 Å². The Morgan fingerprint density at radius 3 is 2.31 bits per heavy atom. The number of methoxy groups -OCH3 is 2. The van der Waals surface area contributed by atoms with Gasteiger partial charge < -0.3 is 9.47 Å². The molecule has 0 saturated heterocycles. The Balaban J connectivity index is 2.06. The normalized spacial score (nSPS) is 17.7. The zero-order valence-electron chi connectivity index (χ0n) is 15.9. The second kappa shape index (κ2) is 7.70. The standard InChI is InChI=1S/C19H19ClF3NO4S/c1-11-14-10-17(28-3)16(27-2)8-12(14)6-7-24(11)29(25,26)18-9-13(19(21,22)23)4-5-15(18)20/h4-5,8-11H,6-7H2,1-3H3/t11-/m1/s1. The first-order chi connectivity index (χ1) is 13.5. The summed E-state index contributed by atoms with van der Waals surface area (Å²) in [6.07, 6.45) is -4.31. The van der Waals surface area contributed by atoms with Crippen molar-refractivity contribution in [3.63, 3.8) is 0 Å². The van der Waals surface area contributed by atoms with Crippen LogP contribution in [0.3, 0.4) is 0 Å².